The minimum atomic E-state index is -4.38. The van der Waals surface area contributed by atoms with E-state index in [-0.39, 0.29) is 29.8 Å². The van der Waals surface area contributed by atoms with Crippen LogP contribution in [0.25, 0.3) is 17.2 Å². The summed E-state index contributed by atoms with van der Waals surface area (Å²) >= 11 is 0. The van der Waals surface area contributed by atoms with Crippen molar-refractivity contribution in [3.05, 3.63) is 59.9 Å². The maximum atomic E-state index is 13.0. The lowest BCUT2D eigenvalue weighted by Gasteiger charge is -2.41. The van der Waals surface area contributed by atoms with Crippen LogP contribution in [0.15, 0.2) is 48.7 Å². The number of fused-ring (bicyclic) bond motifs is 1. The summed E-state index contributed by atoms with van der Waals surface area (Å²) in [6, 6.07) is 8.86. The molecular weight excluding hydrogens is 415 g/mol. The average molecular weight is 444 g/mol. The van der Waals surface area contributed by atoms with Crippen molar-refractivity contribution in [1.29, 1.82) is 0 Å². The lowest BCUT2D eigenvalue weighted by atomic mass is 9.61. The lowest BCUT2D eigenvalue weighted by Crippen LogP contribution is -2.40. The van der Waals surface area contributed by atoms with E-state index in [2.05, 4.69) is 24.9 Å². The highest BCUT2D eigenvalue weighted by molar-refractivity contribution is 5.75. The summed E-state index contributed by atoms with van der Waals surface area (Å²) < 4.78 is 44.6. The van der Waals surface area contributed by atoms with Crippen LogP contribution in [0.4, 0.5) is 13.2 Å². The third-order valence-corrected chi connectivity index (χ3v) is 7.18. The summed E-state index contributed by atoms with van der Waals surface area (Å²) in [5.74, 6) is 1.17. The van der Waals surface area contributed by atoms with Crippen LogP contribution in [-0.4, -0.2) is 17.1 Å². The van der Waals surface area contributed by atoms with Gasteiger partial charge < -0.3 is 4.74 Å². The first-order valence-corrected chi connectivity index (χ1v) is 11.2. The number of pyridine rings is 1. The molecule has 0 amide bonds. The minimum Gasteiger partial charge on any atom is -0.462 e. The van der Waals surface area contributed by atoms with Crippen molar-refractivity contribution in [2.24, 2.45) is 29.6 Å². The number of alkyl halides is 3. The molecule has 0 spiro atoms. The van der Waals surface area contributed by atoms with Crippen LogP contribution in [0.5, 0.6) is 0 Å². The molecule has 2 fully saturated rings. The Balaban J connectivity index is 1.56. The van der Waals surface area contributed by atoms with E-state index < -0.39 is 11.7 Å². The number of allylic oxidation sites excluding steroid dienone is 1. The van der Waals surface area contributed by atoms with E-state index in [4.69, 9.17) is 4.74 Å². The Kier molecular flexibility index (Phi) is 6.15. The number of hydrogen-bond donors (Lipinski definition) is 0. The number of aromatic nitrogens is 1. The number of hydrogen-bond acceptors (Lipinski definition) is 3. The van der Waals surface area contributed by atoms with Crippen LogP contribution in [0, 0.1) is 29.6 Å². The highest BCUT2D eigenvalue weighted by Crippen LogP contribution is 2.50. The smallest absolute Gasteiger partial charge is 0.416 e. The van der Waals surface area contributed by atoms with E-state index in [1.165, 1.54) is 6.07 Å². The number of esters is 1. The quantitative estimate of drug-likeness (QED) is 0.497. The van der Waals surface area contributed by atoms with Crippen LogP contribution in [0.3, 0.4) is 0 Å². The highest BCUT2D eigenvalue weighted by atomic mass is 19.4. The first-order chi connectivity index (χ1) is 15.2. The molecule has 1 aliphatic heterocycles. The van der Waals surface area contributed by atoms with Crippen molar-refractivity contribution in [1.82, 2.24) is 4.98 Å². The molecule has 5 unspecified atom stereocenters. The normalized spacial score (nSPS) is 30.4. The number of ether oxygens (including phenoxy) is 1. The van der Waals surface area contributed by atoms with Crippen molar-refractivity contribution in [2.45, 2.75) is 45.9 Å². The molecule has 1 aromatic carbocycles. The molecule has 0 N–H and O–H groups in total. The predicted octanol–water partition coefficient (Wildman–Crippen LogP) is 6.64. The average Bonchev–Trinajstić information content (AvgIpc) is 3.04. The number of nitrogens with zero attached hydrogens (tertiary/aromatic N) is 1. The first kappa shape index (κ1) is 22.6. The van der Waals surface area contributed by atoms with Crippen LogP contribution < -0.4 is 0 Å². The van der Waals surface area contributed by atoms with Crippen LogP contribution >= 0.6 is 0 Å². The molecule has 1 saturated heterocycles. The van der Waals surface area contributed by atoms with Gasteiger partial charge in [-0.2, -0.15) is 13.2 Å². The number of rotatable bonds is 4. The van der Waals surface area contributed by atoms with E-state index in [9.17, 15) is 18.0 Å². The zero-order valence-electron chi connectivity index (χ0n) is 18.5. The van der Waals surface area contributed by atoms with Gasteiger partial charge in [0, 0.05) is 17.7 Å². The van der Waals surface area contributed by atoms with Crippen molar-refractivity contribution >= 4 is 12.0 Å². The Morgan fingerprint density at radius 3 is 2.59 bits per heavy atom. The van der Waals surface area contributed by atoms with E-state index in [0.717, 1.165) is 30.7 Å². The van der Waals surface area contributed by atoms with Gasteiger partial charge in [-0.05, 0) is 60.9 Å². The van der Waals surface area contributed by atoms with Gasteiger partial charge in [0.05, 0.1) is 17.2 Å². The molecule has 2 aliphatic rings. The van der Waals surface area contributed by atoms with E-state index in [1.54, 1.807) is 18.3 Å². The second-order valence-corrected chi connectivity index (χ2v) is 9.10. The Morgan fingerprint density at radius 2 is 1.94 bits per heavy atom. The molecule has 0 radical (unpaired) electrons. The summed E-state index contributed by atoms with van der Waals surface area (Å²) in [4.78, 5) is 16.8. The molecule has 6 atom stereocenters. The monoisotopic (exact) mass is 443 g/mol. The van der Waals surface area contributed by atoms with Gasteiger partial charge in [0.1, 0.15) is 6.10 Å². The second-order valence-electron chi connectivity index (χ2n) is 9.10. The Hall–Kier alpha value is -2.63. The molecule has 0 bridgehead atoms. The largest absolute Gasteiger partial charge is 0.462 e. The molecule has 1 saturated carbocycles. The highest BCUT2D eigenvalue weighted by Gasteiger charge is 2.52. The fourth-order valence-electron chi connectivity index (χ4n) is 5.61. The molecule has 1 aromatic heterocycles. The standard InChI is InChI=1S/C26H28F3NO2/c1-4-21-15(2)12-23-24(16(3)32-25(23)31)22(21)11-10-20-9-8-18(14-30-20)17-6-5-7-19(13-17)26(27,28)29/h5-11,13-16,21-24H,4,12H2,1-3H3/t15?,16-,21?,22?,23?,24?/m1/s1. The molecule has 3 nitrogen and oxygen atoms in total. The third kappa shape index (κ3) is 4.32. The third-order valence-electron chi connectivity index (χ3n) is 7.18. The maximum Gasteiger partial charge on any atom is 0.416 e. The van der Waals surface area contributed by atoms with Gasteiger partial charge in [-0.15, -0.1) is 0 Å². The minimum absolute atomic E-state index is 0.0475. The molecule has 6 heteroatoms. The van der Waals surface area contributed by atoms with Gasteiger partial charge in [0.2, 0.25) is 0 Å². The van der Waals surface area contributed by atoms with Crippen LogP contribution in [0.1, 0.15) is 44.9 Å². The van der Waals surface area contributed by atoms with Crippen molar-refractivity contribution in [3.8, 4) is 11.1 Å². The summed E-state index contributed by atoms with van der Waals surface area (Å²) in [5, 5.41) is 0. The summed E-state index contributed by atoms with van der Waals surface area (Å²) in [6.07, 6.45) is 3.16. The van der Waals surface area contributed by atoms with Gasteiger partial charge in [0.25, 0.3) is 0 Å². The summed E-state index contributed by atoms with van der Waals surface area (Å²) in [6.45, 7) is 6.38. The second kappa shape index (κ2) is 8.72. The van der Waals surface area contributed by atoms with Gasteiger partial charge in [-0.1, -0.05) is 44.5 Å². The van der Waals surface area contributed by atoms with E-state index >= 15 is 0 Å². The van der Waals surface area contributed by atoms with E-state index in [1.807, 2.05) is 19.1 Å². The Bertz CT molecular complexity index is 999. The number of benzene rings is 1. The van der Waals surface area contributed by atoms with Gasteiger partial charge >= 0.3 is 12.1 Å². The van der Waals surface area contributed by atoms with Crippen molar-refractivity contribution in [3.63, 3.8) is 0 Å². The maximum absolute atomic E-state index is 13.0. The molecule has 4 rings (SSSR count). The molecule has 2 aromatic rings. The van der Waals surface area contributed by atoms with Gasteiger partial charge in [-0.3, -0.25) is 9.78 Å². The summed E-state index contributed by atoms with van der Waals surface area (Å²) in [7, 11) is 0. The fourth-order valence-corrected chi connectivity index (χ4v) is 5.61. The molecule has 170 valence electrons. The number of halogens is 3. The Morgan fingerprint density at radius 1 is 1.16 bits per heavy atom. The zero-order valence-corrected chi connectivity index (χ0v) is 18.5. The number of carbonyl (C=O) groups is 1. The fraction of sp³-hybridized carbons (Fsp3) is 0.462. The molecule has 32 heavy (non-hydrogen) atoms. The summed E-state index contributed by atoms with van der Waals surface area (Å²) in [5.41, 5.74) is 1.18. The SMILES string of the molecule is CCC1C(C)CC2C(=O)O[C@H](C)C2C1C=Cc1ccc(-c2cccc(C(F)(F)F)c2)cn1. The molecule has 2 heterocycles. The van der Waals surface area contributed by atoms with Crippen LogP contribution in [0.2, 0.25) is 0 Å². The van der Waals surface area contributed by atoms with Crippen molar-refractivity contribution in [2.75, 3.05) is 0 Å². The number of carbonyl (C=O) groups excluding carboxylic acids is 1. The van der Waals surface area contributed by atoms with E-state index in [0.29, 0.717) is 23.0 Å². The van der Waals surface area contributed by atoms with Crippen LogP contribution in [-0.2, 0) is 15.7 Å². The molecule has 1 aliphatic carbocycles. The number of cyclic esters (lactones) is 1. The Labute approximate surface area is 186 Å². The van der Waals surface area contributed by atoms with Crippen molar-refractivity contribution < 1.29 is 22.7 Å². The zero-order chi connectivity index (χ0) is 23.0. The predicted molar refractivity (Wildman–Crippen MR) is 117 cm³/mol. The van der Waals surface area contributed by atoms with Gasteiger partial charge in [0.15, 0.2) is 0 Å². The first-order valence-electron chi connectivity index (χ1n) is 11.2. The van der Waals surface area contributed by atoms with Gasteiger partial charge in [-0.25, -0.2) is 0 Å². The molecular formula is C26H28F3NO2. The lowest BCUT2D eigenvalue weighted by molar-refractivity contribution is -0.144. The topological polar surface area (TPSA) is 39.2 Å².